The van der Waals surface area contributed by atoms with Gasteiger partial charge in [-0.1, -0.05) is 30.3 Å². The fourth-order valence-corrected chi connectivity index (χ4v) is 5.50. The number of pyridine rings is 1. The van der Waals surface area contributed by atoms with Crippen LogP contribution in [0.4, 0.5) is 0 Å². The van der Waals surface area contributed by atoms with Gasteiger partial charge in [-0.2, -0.15) is 17.6 Å². The molecule has 0 saturated carbocycles. The topological polar surface area (TPSA) is 105 Å². The zero-order valence-corrected chi connectivity index (χ0v) is 20.0. The third-order valence-electron chi connectivity index (χ3n) is 6.19. The van der Waals surface area contributed by atoms with Gasteiger partial charge in [0.1, 0.15) is 5.52 Å². The van der Waals surface area contributed by atoms with Gasteiger partial charge in [0.05, 0.1) is 28.4 Å². The van der Waals surface area contributed by atoms with Crippen molar-refractivity contribution in [2.24, 2.45) is 0 Å². The molecule has 178 valence electrons. The molecule has 1 aliphatic rings. The Balaban J connectivity index is 1.40. The Morgan fingerprint density at radius 1 is 0.914 bits per heavy atom. The van der Waals surface area contributed by atoms with Crippen molar-refractivity contribution in [2.45, 2.75) is 17.4 Å². The number of carbonyl (C=O) groups excluding carboxylic acids is 2. The lowest BCUT2D eigenvalue weighted by Gasteiger charge is -2.28. The molecule has 0 bridgehead atoms. The van der Waals surface area contributed by atoms with Gasteiger partial charge in [-0.15, -0.1) is 0 Å². The van der Waals surface area contributed by atoms with Crippen molar-refractivity contribution in [1.29, 1.82) is 0 Å². The van der Waals surface area contributed by atoms with Crippen molar-refractivity contribution in [1.82, 2.24) is 24.0 Å². The molecule has 9 nitrogen and oxygen atoms in total. The SMILES string of the molecule is CN(C)[C@@H](Cc1cc2cnn(S(=O)(=O)c3ccccc3)c2cn1)CN1C(=O)c2ccccc2C1=O. The van der Waals surface area contributed by atoms with Crippen LogP contribution in [0.1, 0.15) is 26.4 Å². The fourth-order valence-electron chi connectivity index (χ4n) is 4.21. The monoisotopic (exact) mass is 489 g/mol. The Hall–Kier alpha value is -3.89. The number of amides is 2. The lowest BCUT2D eigenvalue weighted by atomic mass is 10.1. The molecule has 1 atom stereocenters. The maximum Gasteiger partial charge on any atom is 0.283 e. The predicted octanol–water partition coefficient (Wildman–Crippen LogP) is 2.44. The van der Waals surface area contributed by atoms with Gasteiger partial charge in [-0.05, 0) is 44.4 Å². The first kappa shape index (κ1) is 22.9. The molecule has 0 radical (unpaired) electrons. The maximum atomic E-state index is 13.0. The molecule has 2 amide bonds. The average Bonchev–Trinajstić information content (AvgIpc) is 3.39. The van der Waals surface area contributed by atoms with Gasteiger partial charge >= 0.3 is 0 Å². The molecule has 35 heavy (non-hydrogen) atoms. The fraction of sp³-hybridized carbons (Fsp3) is 0.200. The summed E-state index contributed by atoms with van der Waals surface area (Å²) in [5.74, 6) is -0.596. The van der Waals surface area contributed by atoms with Crippen LogP contribution in [0.3, 0.4) is 0 Å². The van der Waals surface area contributed by atoms with Crippen molar-refractivity contribution < 1.29 is 18.0 Å². The van der Waals surface area contributed by atoms with Crippen molar-refractivity contribution in [3.8, 4) is 0 Å². The second-order valence-electron chi connectivity index (χ2n) is 8.63. The van der Waals surface area contributed by atoms with Crippen LogP contribution in [0, 0.1) is 0 Å². The molecule has 10 heteroatoms. The molecular formula is C25H23N5O4S. The van der Waals surface area contributed by atoms with E-state index in [4.69, 9.17) is 0 Å². The smallest absolute Gasteiger partial charge is 0.283 e. The number of aromatic nitrogens is 3. The van der Waals surface area contributed by atoms with Gasteiger partial charge in [0, 0.05) is 30.1 Å². The Morgan fingerprint density at radius 3 is 2.17 bits per heavy atom. The van der Waals surface area contributed by atoms with E-state index in [0.717, 1.165) is 4.09 Å². The Kier molecular flexibility index (Phi) is 5.70. The highest BCUT2D eigenvalue weighted by atomic mass is 32.2. The maximum absolute atomic E-state index is 13.0. The van der Waals surface area contributed by atoms with E-state index in [0.29, 0.717) is 34.1 Å². The third-order valence-corrected chi connectivity index (χ3v) is 7.81. The van der Waals surface area contributed by atoms with Crippen LogP contribution in [0.5, 0.6) is 0 Å². The molecule has 5 rings (SSSR count). The molecule has 0 saturated heterocycles. The molecule has 3 heterocycles. The van der Waals surface area contributed by atoms with Crippen LogP contribution in [0.25, 0.3) is 10.9 Å². The third kappa shape index (κ3) is 4.00. The Bertz CT molecular complexity index is 1510. The summed E-state index contributed by atoms with van der Waals surface area (Å²) in [6.07, 6.45) is 3.44. The zero-order chi connectivity index (χ0) is 24.7. The molecular weight excluding hydrogens is 466 g/mol. The lowest BCUT2D eigenvalue weighted by Crippen LogP contribution is -2.44. The number of hydrogen-bond donors (Lipinski definition) is 0. The average molecular weight is 490 g/mol. The van der Waals surface area contributed by atoms with Crippen molar-refractivity contribution in [3.63, 3.8) is 0 Å². The Morgan fingerprint density at radius 2 is 1.54 bits per heavy atom. The first-order chi connectivity index (χ1) is 16.8. The second kappa shape index (κ2) is 8.71. The highest BCUT2D eigenvalue weighted by Crippen LogP contribution is 2.24. The van der Waals surface area contributed by atoms with Gasteiger partial charge in [0.25, 0.3) is 21.8 Å². The van der Waals surface area contributed by atoms with E-state index in [1.165, 1.54) is 29.4 Å². The highest BCUT2D eigenvalue weighted by molar-refractivity contribution is 7.90. The number of imide groups is 1. The van der Waals surface area contributed by atoms with Gasteiger partial charge < -0.3 is 4.90 Å². The summed E-state index contributed by atoms with van der Waals surface area (Å²) in [6, 6.07) is 16.5. The van der Waals surface area contributed by atoms with E-state index < -0.39 is 10.0 Å². The summed E-state index contributed by atoms with van der Waals surface area (Å²) >= 11 is 0. The number of benzene rings is 2. The molecule has 0 fully saturated rings. The molecule has 4 aromatic rings. The summed E-state index contributed by atoms with van der Waals surface area (Å²) in [4.78, 5) is 33.5. The van der Waals surface area contributed by atoms with E-state index >= 15 is 0 Å². The molecule has 2 aromatic carbocycles. The molecule has 0 aliphatic carbocycles. The highest BCUT2D eigenvalue weighted by Gasteiger charge is 2.36. The molecule has 2 aromatic heterocycles. The number of hydrogen-bond acceptors (Lipinski definition) is 7. The largest absolute Gasteiger partial charge is 0.304 e. The number of likely N-dealkylation sites (N-methyl/N-ethyl adjacent to an activating group) is 1. The van der Waals surface area contributed by atoms with Crippen LogP contribution in [0.15, 0.2) is 78.0 Å². The molecule has 0 N–H and O–H groups in total. The summed E-state index contributed by atoms with van der Waals surface area (Å²) in [5.41, 5.74) is 1.91. The summed E-state index contributed by atoms with van der Waals surface area (Å²) in [5, 5.41) is 4.74. The quantitative estimate of drug-likeness (QED) is 0.367. The zero-order valence-electron chi connectivity index (χ0n) is 19.2. The van der Waals surface area contributed by atoms with E-state index in [9.17, 15) is 18.0 Å². The standard InChI is InChI=1S/C25H23N5O4S/c1-28(2)19(16-29-24(31)21-10-6-7-11-22(21)25(29)32)13-18-12-17-14-27-30(23(17)15-26-18)35(33,34)20-8-4-3-5-9-20/h3-12,14-15,19H,13,16H2,1-2H3/t19-/m0/s1. The van der Waals surface area contributed by atoms with Crippen LogP contribution >= 0.6 is 0 Å². The number of rotatable bonds is 7. The van der Waals surface area contributed by atoms with Crippen LogP contribution in [-0.4, -0.2) is 70.9 Å². The van der Waals surface area contributed by atoms with Crippen LogP contribution in [0.2, 0.25) is 0 Å². The van der Waals surface area contributed by atoms with E-state index in [-0.39, 0.29) is 29.3 Å². The minimum Gasteiger partial charge on any atom is -0.304 e. The minimum absolute atomic E-state index is 0.141. The van der Waals surface area contributed by atoms with E-state index in [1.54, 1.807) is 48.5 Å². The first-order valence-corrected chi connectivity index (χ1v) is 12.5. The van der Waals surface area contributed by atoms with Crippen molar-refractivity contribution in [2.75, 3.05) is 20.6 Å². The Labute approximate surface area is 202 Å². The van der Waals surface area contributed by atoms with Gasteiger partial charge in [-0.25, -0.2) is 0 Å². The molecule has 0 unspecified atom stereocenters. The normalized spacial score (nSPS) is 14.7. The molecule has 1 aliphatic heterocycles. The summed E-state index contributed by atoms with van der Waals surface area (Å²) in [7, 11) is -0.0885. The molecule has 0 spiro atoms. The van der Waals surface area contributed by atoms with Gasteiger partial charge in [0.2, 0.25) is 0 Å². The predicted molar refractivity (Wildman–Crippen MR) is 130 cm³/mol. The summed E-state index contributed by atoms with van der Waals surface area (Å²) < 4.78 is 27.0. The van der Waals surface area contributed by atoms with Crippen molar-refractivity contribution in [3.05, 3.63) is 89.9 Å². The number of fused-ring (bicyclic) bond motifs is 2. The minimum atomic E-state index is -3.85. The second-order valence-corrected chi connectivity index (χ2v) is 10.4. The van der Waals surface area contributed by atoms with Crippen molar-refractivity contribution >= 4 is 32.7 Å². The van der Waals surface area contributed by atoms with Gasteiger partial charge in [-0.3, -0.25) is 19.5 Å². The number of carbonyl (C=O) groups is 2. The van der Waals surface area contributed by atoms with Crippen LogP contribution < -0.4 is 0 Å². The summed E-state index contributed by atoms with van der Waals surface area (Å²) in [6.45, 7) is 0.209. The van der Waals surface area contributed by atoms with E-state index in [2.05, 4.69) is 10.1 Å². The lowest BCUT2D eigenvalue weighted by molar-refractivity contribution is 0.0611. The van der Waals surface area contributed by atoms with Gasteiger partial charge in [0.15, 0.2) is 0 Å². The van der Waals surface area contributed by atoms with E-state index in [1.807, 2.05) is 19.0 Å². The first-order valence-electron chi connectivity index (χ1n) is 11.0. The number of nitrogens with zero attached hydrogens (tertiary/aromatic N) is 5. The van der Waals surface area contributed by atoms with Crippen LogP contribution in [-0.2, 0) is 16.4 Å².